The van der Waals surface area contributed by atoms with Crippen molar-refractivity contribution in [3.8, 4) is 5.75 Å². The standard InChI is InChI=1S/C23H29FN2O4S/c1-16-5-3-4-6-21(16)25-23(27)15-22(17-7-11-19(30-2)12-8-17)26-31(28,29)20-13-9-18(24)10-14-20/h7-14,16,21-22,26H,3-6,15H2,1-2H3,(H,25,27)/t16-,21-,22-/m0/s1. The Labute approximate surface area is 183 Å². The van der Waals surface area contributed by atoms with E-state index in [9.17, 15) is 17.6 Å². The lowest BCUT2D eigenvalue weighted by molar-refractivity contribution is -0.122. The number of nitrogens with one attached hydrogen (secondary N) is 2. The number of methoxy groups -OCH3 is 1. The molecule has 1 aliphatic rings. The zero-order valence-electron chi connectivity index (χ0n) is 17.8. The molecule has 1 fully saturated rings. The number of sulfonamides is 1. The average molecular weight is 449 g/mol. The van der Waals surface area contributed by atoms with Crippen LogP contribution in [0.5, 0.6) is 5.75 Å². The molecule has 0 radical (unpaired) electrons. The van der Waals surface area contributed by atoms with Crippen molar-refractivity contribution >= 4 is 15.9 Å². The molecule has 1 saturated carbocycles. The second kappa shape index (κ2) is 10.2. The molecule has 2 N–H and O–H groups in total. The number of hydrogen-bond acceptors (Lipinski definition) is 4. The molecule has 0 bridgehead atoms. The molecule has 0 aromatic heterocycles. The van der Waals surface area contributed by atoms with E-state index >= 15 is 0 Å². The Hall–Kier alpha value is -2.45. The van der Waals surface area contributed by atoms with Gasteiger partial charge in [0.2, 0.25) is 15.9 Å². The van der Waals surface area contributed by atoms with Gasteiger partial charge in [-0.1, -0.05) is 31.9 Å². The van der Waals surface area contributed by atoms with Gasteiger partial charge in [0.1, 0.15) is 11.6 Å². The van der Waals surface area contributed by atoms with E-state index in [2.05, 4.69) is 17.0 Å². The monoisotopic (exact) mass is 448 g/mol. The first-order valence-electron chi connectivity index (χ1n) is 10.5. The van der Waals surface area contributed by atoms with Crippen LogP contribution in [0, 0.1) is 11.7 Å². The van der Waals surface area contributed by atoms with Crippen LogP contribution in [0.1, 0.15) is 50.6 Å². The van der Waals surface area contributed by atoms with Crippen LogP contribution in [-0.2, 0) is 14.8 Å². The van der Waals surface area contributed by atoms with Crippen LogP contribution in [-0.4, -0.2) is 27.5 Å². The molecule has 2 aromatic carbocycles. The molecule has 1 aliphatic carbocycles. The number of rotatable bonds is 8. The van der Waals surface area contributed by atoms with Crippen molar-refractivity contribution in [2.24, 2.45) is 5.92 Å². The summed E-state index contributed by atoms with van der Waals surface area (Å²) in [4.78, 5) is 12.7. The Kier molecular flexibility index (Phi) is 7.67. The average Bonchev–Trinajstić information content (AvgIpc) is 2.75. The molecule has 3 rings (SSSR count). The van der Waals surface area contributed by atoms with Crippen LogP contribution in [0.25, 0.3) is 0 Å². The van der Waals surface area contributed by atoms with E-state index in [4.69, 9.17) is 4.74 Å². The third kappa shape index (κ3) is 6.27. The Balaban J connectivity index is 1.80. The molecule has 0 aliphatic heterocycles. The highest BCUT2D eigenvalue weighted by molar-refractivity contribution is 7.89. The minimum absolute atomic E-state index is 0.0457. The molecule has 0 saturated heterocycles. The van der Waals surface area contributed by atoms with Crippen LogP contribution in [0.15, 0.2) is 53.4 Å². The fourth-order valence-electron chi connectivity index (χ4n) is 3.91. The number of hydrogen-bond donors (Lipinski definition) is 2. The molecule has 168 valence electrons. The third-order valence-electron chi connectivity index (χ3n) is 5.79. The van der Waals surface area contributed by atoms with Crippen LogP contribution in [0.2, 0.25) is 0 Å². The smallest absolute Gasteiger partial charge is 0.241 e. The zero-order chi connectivity index (χ0) is 22.4. The third-order valence-corrected chi connectivity index (χ3v) is 7.27. The first-order valence-corrected chi connectivity index (χ1v) is 12.0. The minimum atomic E-state index is -3.96. The molecule has 31 heavy (non-hydrogen) atoms. The summed E-state index contributed by atoms with van der Waals surface area (Å²) in [6, 6.07) is 10.8. The lowest BCUT2D eigenvalue weighted by Crippen LogP contribution is -2.42. The number of ether oxygens (including phenoxy) is 1. The molecule has 3 atom stereocenters. The molecule has 0 heterocycles. The fourth-order valence-corrected chi connectivity index (χ4v) is 5.14. The van der Waals surface area contributed by atoms with Gasteiger partial charge in [-0.05, 0) is 60.7 Å². The van der Waals surface area contributed by atoms with E-state index in [1.165, 1.54) is 18.6 Å². The van der Waals surface area contributed by atoms with E-state index in [1.807, 2.05) is 0 Å². The van der Waals surface area contributed by atoms with E-state index in [-0.39, 0.29) is 23.3 Å². The Morgan fingerprint density at radius 1 is 1.10 bits per heavy atom. The van der Waals surface area contributed by atoms with Gasteiger partial charge in [-0.2, -0.15) is 0 Å². The predicted molar refractivity (Wildman–Crippen MR) is 117 cm³/mol. The highest BCUT2D eigenvalue weighted by atomic mass is 32.2. The van der Waals surface area contributed by atoms with Crippen LogP contribution in [0.4, 0.5) is 4.39 Å². The van der Waals surface area contributed by atoms with Gasteiger partial charge in [-0.3, -0.25) is 4.79 Å². The van der Waals surface area contributed by atoms with Crippen LogP contribution in [0.3, 0.4) is 0 Å². The second-order valence-electron chi connectivity index (χ2n) is 8.04. The normalized spacial score (nSPS) is 20.1. The number of halogens is 1. The summed E-state index contributed by atoms with van der Waals surface area (Å²) < 4.78 is 46.8. The van der Waals surface area contributed by atoms with Crippen molar-refractivity contribution in [2.45, 2.75) is 56.0 Å². The fraction of sp³-hybridized carbons (Fsp3) is 0.435. The van der Waals surface area contributed by atoms with Gasteiger partial charge in [0.25, 0.3) is 0 Å². The molecule has 2 aromatic rings. The summed E-state index contributed by atoms with van der Waals surface area (Å²) in [5.41, 5.74) is 0.637. The second-order valence-corrected chi connectivity index (χ2v) is 9.75. The summed E-state index contributed by atoms with van der Waals surface area (Å²) in [5.74, 6) is 0.297. The zero-order valence-corrected chi connectivity index (χ0v) is 18.6. The first kappa shape index (κ1) is 23.2. The number of carbonyl (C=O) groups excluding carboxylic acids is 1. The van der Waals surface area contributed by atoms with Crippen molar-refractivity contribution in [2.75, 3.05) is 7.11 Å². The lowest BCUT2D eigenvalue weighted by atomic mass is 9.86. The summed E-state index contributed by atoms with van der Waals surface area (Å²) in [6.07, 6.45) is 4.20. The van der Waals surface area contributed by atoms with E-state index in [1.54, 1.807) is 31.4 Å². The predicted octanol–water partition coefficient (Wildman–Crippen LogP) is 3.94. The molecular formula is C23H29FN2O4S. The SMILES string of the molecule is COc1ccc([C@H](CC(=O)N[C@H]2CCCC[C@@H]2C)NS(=O)(=O)c2ccc(F)cc2)cc1. The molecule has 1 amide bonds. The Morgan fingerprint density at radius 2 is 1.74 bits per heavy atom. The minimum Gasteiger partial charge on any atom is -0.497 e. The van der Waals surface area contributed by atoms with Crippen LogP contribution >= 0.6 is 0 Å². The first-order chi connectivity index (χ1) is 14.8. The topological polar surface area (TPSA) is 84.5 Å². The van der Waals surface area contributed by atoms with Gasteiger partial charge >= 0.3 is 0 Å². The maximum Gasteiger partial charge on any atom is 0.241 e. The largest absolute Gasteiger partial charge is 0.497 e. The van der Waals surface area contributed by atoms with Gasteiger partial charge in [-0.25, -0.2) is 17.5 Å². The highest BCUT2D eigenvalue weighted by Crippen LogP contribution is 2.26. The molecule has 8 heteroatoms. The summed E-state index contributed by atoms with van der Waals surface area (Å²) in [6.45, 7) is 2.13. The Bertz CT molecular complexity index is 978. The maximum absolute atomic E-state index is 13.2. The molecular weight excluding hydrogens is 419 g/mol. The van der Waals surface area contributed by atoms with Crippen molar-refractivity contribution in [1.29, 1.82) is 0 Å². The van der Waals surface area contributed by atoms with Crippen molar-refractivity contribution in [1.82, 2.24) is 10.0 Å². The van der Waals surface area contributed by atoms with Crippen molar-refractivity contribution in [3.05, 3.63) is 59.9 Å². The molecule has 0 spiro atoms. The molecule has 6 nitrogen and oxygen atoms in total. The van der Waals surface area contributed by atoms with Gasteiger partial charge in [-0.15, -0.1) is 0 Å². The quantitative estimate of drug-likeness (QED) is 0.641. The molecule has 0 unspecified atom stereocenters. The summed E-state index contributed by atoms with van der Waals surface area (Å²) >= 11 is 0. The Morgan fingerprint density at radius 3 is 2.35 bits per heavy atom. The van der Waals surface area contributed by atoms with E-state index in [0.717, 1.165) is 31.4 Å². The number of carbonyl (C=O) groups is 1. The van der Waals surface area contributed by atoms with Gasteiger partial charge < -0.3 is 10.1 Å². The van der Waals surface area contributed by atoms with Crippen molar-refractivity contribution < 1.29 is 22.3 Å². The summed E-state index contributed by atoms with van der Waals surface area (Å²) in [7, 11) is -2.41. The van der Waals surface area contributed by atoms with Crippen molar-refractivity contribution in [3.63, 3.8) is 0 Å². The number of benzene rings is 2. The van der Waals surface area contributed by atoms with Gasteiger partial charge in [0.05, 0.1) is 18.0 Å². The highest BCUT2D eigenvalue weighted by Gasteiger charge is 2.27. The van der Waals surface area contributed by atoms with Crippen LogP contribution < -0.4 is 14.8 Å². The summed E-state index contributed by atoms with van der Waals surface area (Å²) in [5, 5.41) is 3.08. The maximum atomic E-state index is 13.2. The van der Waals surface area contributed by atoms with Gasteiger partial charge in [0, 0.05) is 12.5 Å². The van der Waals surface area contributed by atoms with E-state index < -0.39 is 21.9 Å². The lowest BCUT2D eigenvalue weighted by Gasteiger charge is -2.30. The van der Waals surface area contributed by atoms with Gasteiger partial charge in [0.15, 0.2) is 0 Å². The number of amides is 1. The van der Waals surface area contributed by atoms with E-state index in [0.29, 0.717) is 17.2 Å².